The molecule has 2 aromatic heterocycles. The van der Waals surface area contributed by atoms with E-state index in [1.807, 2.05) is 30.8 Å². The van der Waals surface area contributed by atoms with Crippen molar-refractivity contribution in [2.45, 2.75) is 39.2 Å². The Kier molecular flexibility index (Phi) is 4.21. The summed E-state index contributed by atoms with van der Waals surface area (Å²) < 4.78 is 0. The zero-order valence-corrected chi connectivity index (χ0v) is 14.9. The van der Waals surface area contributed by atoms with E-state index in [4.69, 9.17) is 0 Å². The van der Waals surface area contributed by atoms with Crippen molar-refractivity contribution < 1.29 is 5.11 Å². The topological polar surface area (TPSA) is 70.0 Å². The van der Waals surface area contributed by atoms with Gasteiger partial charge in [0.05, 0.1) is 17.9 Å². The maximum absolute atomic E-state index is 10.2. The summed E-state index contributed by atoms with van der Waals surface area (Å²) in [6, 6.07) is 5.67. The molecule has 1 fully saturated rings. The molecule has 1 aliphatic heterocycles. The number of fused-ring (bicyclic) bond motifs is 1. The van der Waals surface area contributed by atoms with Crippen LogP contribution >= 0.6 is 0 Å². The molecule has 0 radical (unpaired) electrons. The second-order valence-corrected chi connectivity index (χ2v) is 7.05. The zero-order chi connectivity index (χ0) is 17.4. The first-order chi connectivity index (χ1) is 12.1. The van der Waals surface area contributed by atoms with Crippen molar-refractivity contribution in [3.05, 3.63) is 41.3 Å². The summed E-state index contributed by atoms with van der Waals surface area (Å²) >= 11 is 0. The molecule has 1 saturated heterocycles. The van der Waals surface area contributed by atoms with Crippen LogP contribution in [0.3, 0.4) is 0 Å². The van der Waals surface area contributed by atoms with Crippen molar-refractivity contribution in [2.24, 2.45) is 0 Å². The number of nitrogens with one attached hydrogen (secondary N) is 1. The summed E-state index contributed by atoms with van der Waals surface area (Å²) in [4.78, 5) is 7.62. The molecule has 0 spiro atoms. The van der Waals surface area contributed by atoms with E-state index in [2.05, 4.69) is 26.3 Å². The van der Waals surface area contributed by atoms with E-state index in [9.17, 15) is 5.11 Å². The Labute approximate surface area is 147 Å². The zero-order valence-electron chi connectivity index (χ0n) is 14.9. The molecule has 1 aliphatic rings. The van der Waals surface area contributed by atoms with Gasteiger partial charge in [0.25, 0.3) is 0 Å². The van der Waals surface area contributed by atoms with Gasteiger partial charge in [0.1, 0.15) is 5.75 Å². The normalized spacial score (nSPS) is 18.4. The van der Waals surface area contributed by atoms with Gasteiger partial charge in [-0.25, -0.2) is 0 Å². The third-order valence-electron chi connectivity index (χ3n) is 5.31. The standard InChI is InChI=1S/C19H25N5O/c1-13-14(2)22-24(21-13)9-4-8-23-10-7-15(12-23)16-11-20-17-5-3-6-18(25)19(16)17/h3,5-6,11,15,20,25H,4,7-10,12H2,1-2H3/t15-/m1/s1. The van der Waals surface area contributed by atoms with Gasteiger partial charge >= 0.3 is 0 Å². The number of aromatic hydroxyl groups is 1. The first-order valence-electron chi connectivity index (χ1n) is 9.01. The predicted molar refractivity (Wildman–Crippen MR) is 97.9 cm³/mol. The smallest absolute Gasteiger partial charge is 0.125 e. The van der Waals surface area contributed by atoms with Gasteiger partial charge in [-0.3, -0.25) is 0 Å². The van der Waals surface area contributed by atoms with Gasteiger partial charge in [-0.15, -0.1) is 0 Å². The summed E-state index contributed by atoms with van der Waals surface area (Å²) in [6.45, 7) is 8.08. The molecule has 6 heteroatoms. The number of rotatable bonds is 5. The quantitative estimate of drug-likeness (QED) is 0.750. The van der Waals surface area contributed by atoms with Gasteiger partial charge in [-0.1, -0.05) is 6.07 Å². The van der Waals surface area contributed by atoms with Crippen molar-refractivity contribution in [3.63, 3.8) is 0 Å². The van der Waals surface area contributed by atoms with Gasteiger partial charge in [0.2, 0.25) is 0 Å². The number of aromatic nitrogens is 4. The maximum Gasteiger partial charge on any atom is 0.125 e. The highest BCUT2D eigenvalue weighted by Gasteiger charge is 2.26. The fraction of sp³-hybridized carbons (Fsp3) is 0.474. The molecular formula is C19H25N5O. The van der Waals surface area contributed by atoms with Crippen molar-refractivity contribution >= 4 is 10.9 Å². The lowest BCUT2D eigenvalue weighted by Gasteiger charge is -2.15. The summed E-state index contributed by atoms with van der Waals surface area (Å²) in [5.74, 6) is 0.858. The highest BCUT2D eigenvalue weighted by Crippen LogP contribution is 2.36. The Morgan fingerprint density at radius 1 is 1.20 bits per heavy atom. The number of benzene rings is 1. The average molecular weight is 339 g/mol. The number of nitrogens with zero attached hydrogens (tertiary/aromatic N) is 4. The molecule has 1 atom stereocenters. The van der Waals surface area contributed by atoms with Crippen LogP contribution in [0.1, 0.15) is 35.7 Å². The fourth-order valence-electron chi connectivity index (χ4n) is 3.85. The molecule has 6 nitrogen and oxygen atoms in total. The Balaban J connectivity index is 1.36. The second kappa shape index (κ2) is 6.52. The number of aryl methyl sites for hydroxylation is 3. The number of likely N-dealkylation sites (tertiary alicyclic amines) is 1. The van der Waals surface area contributed by atoms with Crippen LogP contribution in [0.15, 0.2) is 24.4 Å². The third-order valence-corrected chi connectivity index (χ3v) is 5.31. The van der Waals surface area contributed by atoms with Gasteiger partial charge < -0.3 is 15.0 Å². The SMILES string of the molecule is Cc1nn(CCCN2CC[C@@H](c3c[nH]c4cccc(O)c34)C2)nc1C. The monoisotopic (exact) mass is 339 g/mol. The lowest BCUT2D eigenvalue weighted by Crippen LogP contribution is -2.23. The molecule has 0 saturated carbocycles. The summed E-state index contributed by atoms with van der Waals surface area (Å²) in [5, 5.41) is 20.1. The van der Waals surface area contributed by atoms with Gasteiger partial charge in [0, 0.05) is 29.6 Å². The van der Waals surface area contributed by atoms with Crippen LogP contribution in [0.5, 0.6) is 5.75 Å². The number of hydrogen-bond donors (Lipinski definition) is 2. The summed E-state index contributed by atoms with van der Waals surface area (Å²) in [6.07, 6.45) is 4.26. The number of phenols is 1. The number of phenolic OH excluding ortho intramolecular Hbond substituents is 1. The maximum atomic E-state index is 10.2. The fourth-order valence-corrected chi connectivity index (χ4v) is 3.85. The summed E-state index contributed by atoms with van der Waals surface area (Å²) in [7, 11) is 0. The third kappa shape index (κ3) is 3.14. The molecule has 0 bridgehead atoms. The van der Waals surface area contributed by atoms with E-state index < -0.39 is 0 Å². The Morgan fingerprint density at radius 3 is 2.80 bits per heavy atom. The van der Waals surface area contributed by atoms with E-state index in [0.29, 0.717) is 11.7 Å². The minimum absolute atomic E-state index is 0.377. The first-order valence-corrected chi connectivity index (χ1v) is 9.01. The molecule has 3 aromatic rings. The minimum atomic E-state index is 0.377. The first kappa shape index (κ1) is 16.1. The van der Waals surface area contributed by atoms with Crippen LogP contribution in [-0.4, -0.2) is 49.6 Å². The molecule has 4 rings (SSSR count). The largest absolute Gasteiger partial charge is 0.507 e. The molecule has 25 heavy (non-hydrogen) atoms. The molecule has 2 N–H and O–H groups in total. The molecular weight excluding hydrogens is 314 g/mol. The molecule has 0 aliphatic carbocycles. The second-order valence-electron chi connectivity index (χ2n) is 7.05. The summed E-state index contributed by atoms with van der Waals surface area (Å²) in [5.41, 5.74) is 4.29. The van der Waals surface area contributed by atoms with Crippen LogP contribution in [0.25, 0.3) is 10.9 Å². The molecule has 132 valence electrons. The predicted octanol–water partition coefficient (Wildman–Crippen LogP) is 2.96. The number of hydrogen-bond acceptors (Lipinski definition) is 4. The molecule has 0 amide bonds. The van der Waals surface area contributed by atoms with E-state index in [1.54, 1.807) is 6.07 Å². The van der Waals surface area contributed by atoms with Crippen molar-refractivity contribution in [3.8, 4) is 5.75 Å². The van der Waals surface area contributed by atoms with E-state index in [0.717, 1.165) is 61.3 Å². The highest BCUT2D eigenvalue weighted by atomic mass is 16.3. The van der Waals surface area contributed by atoms with Crippen molar-refractivity contribution in [1.82, 2.24) is 24.9 Å². The van der Waals surface area contributed by atoms with E-state index >= 15 is 0 Å². The number of aromatic amines is 1. The Morgan fingerprint density at radius 2 is 2.00 bits per heavy atom. The van der Waals surface area contributed by atoms with Crippen molar-refractivity contribution in [1.29, 1.82) is 0 Å². The highest BCUT2D eigenvalue weighted by molar-refractivity contribution is 5.89. The average Bonchev–Trinajstić information content (AvgIpc) is 3.28. The molecule has 3 heterocycles. The van der Waals surface area contributed by atoms with E-state index in [1.165, 1.54) is 5.56 Å². The Bertz CT molecular complexity index is 862. The number of H-pyrrole nitrogens is 1. The van der Waals surface area contributed by atoms with Crippen LogP contribution in [0.2, 0.25) is 0 Å². The van der Waals surface area contributed by atoms with Gasteiger partial charge in [-0.05, 0) is 57.5 Å². The lowest BCUT2D eigenvalue weighted by atomic mass is 9.97. The Hall–Kier alpha value is -2.34. The van der Waals surface area contributed by atoms with Crippen LogP contribution < -0.4 is 0 Å². The minimum Gasteiger partial charge on any atom is -0.507 e. The van der Waals surface area contributed by atoms with Crippen LogP contribution in [0.4, 0.5) is 0 Å². The van der Waals surface area contributed by atoms with Crippen molar-refractivity contribution in [2.75, 3.05) is 19.6 Å². The lowest BCUT2D eigenvalue weighted by molar-refractivity contribution is 0.313. The van der Waals surface area contributed by atoms with Crippen LogP contribution in [0, 0.1) is 13.8 Å². The van der Waals surface area contributed by atoms with E-state index in [-0.39, 0.29) is 0 Å². The van der Waals surface area contributed by atoms with Gasteiger partial charge in [0.15, 0.2) is 0 Å². The molecule has 1 aromatic carbocycles. The van der Waals surface area contributed by atoms with Crippen LogP contribution in [-0.2, 0) is 6.54 Å². The van der Waals surface area contributed by atoms with Gasteiger partial charge in [-0.2, -0.15) is 15.0 Å². The molecule has 0 unspecified atom stereocenters.